The Bertz CT molecular complexity index is 1210. The van der Waals surface area contributed by atoms with Crippen LogP contribution in [0.4, 0.5) is 0 Å². The van der Waals surface area contributed by atoms with Gasteiger partial charge in [0.1, 0.15) is 60.3 Å². The third-order valence-electron chi connectivity index (χ3n) is 6.79. The maximum atomic E-state index is 10.3. The first-order chi connectivity index (χ1) is 21.8. The zero-order chi connectivity index (χ0) is 34.0. The summed E-state index contributed by atoms with van der Waals surface area (Å²) in [4.78, 5) is 20.6. The van der Waals surface area contributed by atoms with Crippen molar-refractivity contribution in [2.24, 2.45) is 0 Å². The molecule has 2 aliphatic rings. The van der Waals surface area contributed by atoms with E-state index in [1.54, 1.807) is 24.3 Å². The first-order valence-corrected chi connectivity index (χ1v) is 13.8. The molecule has 2 heterocycles. The van der Waals surface area contributed by atoms with Crippen molar-refractivity contribution in [3.8, 4) is 11.5 Å². The SMILES string of the molecule is O=C([O-])/C=C/c1ccc(O[C@@H]2O[C@H](CO)[C@@H](O)[C@H](O)[C@H]2O)cc1.O=C([O-])/C=C/c1ccc(O[C@@H]2O[C@H](CO)[C@@H](O)[C@H](O)[C@H]2O)cc1.[Ca+2]. The Balaban J connectivity index is 0.000000320. The number of carboxylic acids is 2. The summed E-state index contributed by atoms with van der Waals surface area (Å²) in [6.45, 7) is -1.09. The molecular formula is C30H34CaO16. The van der Waals surface area contributed by atoms with Gasteiger partial charge in [-0.2, -0.15) is 0 Å². The Morgan fingerprint density at radius 3 is 1.19 bits per heavy atom. The van der Waals surface area contributed by atoms with Gasteiger partial charge in [0.05, 0.1) is 25.2 Å². The number of carboxylic acid groups (broad SMARTS) is 2. The maximum Gasteiger partial charge on any atom is 2.00 e. The summed E-state index contributed by atoms with van der Waals surface area (Å²) in [5, 5.41) is 97.2. The summed E-state index contributed by atoms with van der Waals surface area (Å²) in [5.74, 6) is -2.04. The van der Waals surface area contributed by atoms with Crippen molar-refractivity contribution >= 4 is 61.8 Å². The molecule has 0 radical (unpaired) electrons. The average molecular weight is 691 g/mol. The Labute approximate surface area is 298 Å². The van der Waals surface area contributed by atoms with Crippen molar-refractivity contribution in [2.45, 2.75) is 61.4 Å². The van der Waals surface area contributed by atoms with E-state index in [2.05, 4.69) is 0 Å². The fourth-order valence-electron chi connectivity index (χ4n) is 4.24. The fraction of sp³-hybridized carbons (Fsp3) is 0.400. The largest absolute Gasteiger partial charge is 2.00 e. The van der Waals surface area contributed by atoms with E-state index in [1.165, 1.54) is 36.4 Å². The van der Waals surface area contributed by atoms with Crippen LogP contribution in [0.5, 0.6) is 11.5 Å². The molecule has 17 heteroatoms. The molecule has 2 aromatic carbocycles. The summed E-state index contributed by atoms with van der Waals surface area (Å²) >= 11 is 0. The van der Waals surface area contributed by atoms with Crippen LogP contribution < -0.4 is 19.7 Å². The van der Waals surface area contributed by atoms with Gasteiger partial charge < -0.3 is 79.6 Å². The van der Waals surface area contributed by atoms with Crippen LogP contribution in [0.25, 0.3) is 12.2 Å². The van der Waals surface area contributed by atoms with E-state index < -0.39 is 86.6 Å². The summed E-state index contributed by atoms with van der Waals surface area (Å²) in [7, 11) is 0. The van der Waals surface area contributed by atoms with E-state index in [1.807, 2.05) is 0 Å². The van der Waals surface area contributed by atoms with Gasteiger partial charge in [-0.15, -0.1) is 0 Å². The van der Waals surface area contributed by atoms with Crippen molar-refractivity contribution in [2.75, 3.05) is 13.2 Å². The molecule has 0 spiro atoms. The van der Waals surface area contributed by atoms with Crippen LogP contribution in [0.3, 0.4) is 0 Å². The average Bonchev–Trinajstić information content (AvgIpc) is 3.04. The second kappa shape index (κ2) is 19.4. The molecule has 2 fully saturated rings. The van der Waals surface area contributed by atoms with Crippen LogP contribution >= 0.6 is 0 Å². The van der Waals surface area contributed by atoms with Gasteiger partial charge in [0.15, 0.2) is 0 Å². The van der Waals surface area contributed by atoms with Crippen molar-refractivity contribution in [3.05, 3.63) is 71.8 Å². The molecule has 0 saturated carbocycles. The molecule has 2 aliphatic heterocycles. The second-order valence-electron chi connectivity index (χ2n) is 10.1. The topological polar surface area (TPSA) is 279 Å². The molecule has 2 saturated heterocycles. The Hall–Kier alpha value is -2.68. The summed E-state index contributed by atoms with van der Waals surface area (Å²) in [5.41, 5.74) is 1.19. The van der Waals surface area contributed by atoms with Crippen LogP contribution in [0.15, 0.2) is 60.7 Å². The molecule has 0 unspecified atom stereocenters. The first kappa shape index (κ1) is 40.5. The molecule has 2 aromatic rings. The number of hydrogen-bond acceptors (Lipinski definition) is 16. The molecule has 47 heavy (non-hydrogen) atoms. The van der Waals surface area contributed by atoms with Crippen molar-refractivity contribution < 1.29 is 79.6 Å². The zero-order valence-electron chi connectivity index (χ0n) is 24.7. The minimum atomic E-state index is -1.52. The van der Waals surface area contributed by atoms with Gasteiger partial charge in [0.25, 0.3) is 0 Å². The fourth-order valence-corrected chi connectivity index (χ4v) is 4.24. The van der Waals surface area contributed by atoms with Crippen molar-refractivity contribution in [1.82, 2.24) is 0 Å². The maximum absolute atomic E-state index is 10.3. The molecule has 252 valence electrons. The van der Waals surface area contributed by atoms with Gasteiger partial charge in [-0.1, -0.05) is 36.4 Å². The predicted molar refractivity (Wildman–Crippen MR) is 156 cm³/mol. The third kappa shape index (κ3) is 11.8. The van der Waals surface area contributed by atoms with E-state index in [9.17, 15) is 50.4 Å². The molecule has 10 atom stereocenters. The molecule has 16 nitrogen and oxygen atoms in total. The predicted octanol–water partition coefficient (Wildman–Crippen LogP) is -5.12. The number of aliphatic hydroxyl groups excluding tert-OH is 8. The normalized spacial score (nSPS) is 30.6. The number of carbonyl (C=O) groups is 2. The van der Waals surface area contributed by atoms with Crippen LogP contribution in [0.1, 0.15) is 11.1 Å². The third-order valence-corrected chi connectivity index (χ3v) is 6.79. The number of rotatable bonds is 10. The van der Waals surface area contributed by atoms with E-state index in [0.717, 1.165) is 12.2 Å². The zero-order valence-corrected chi connectivity index (χ0v) is 26.9. The molecule has 0 bridgehead atoms. The van der Waals surface area contributed by atoms with Gasteiger partial charge in [-0.25, -0.2) is 0 Å². The second-order valence-corrected chi connectivity index (χ2v) is 10.1. The van der Waals surface area contributed by atoms with Crippen LogP contribution in [0, 0.1) is 0 Å². The molecule has 0 aromatic heterocycles. The number of carbonyl (C=O) groups excluding carboxylic acids is 2. The minimum absolute atomic E-state index is 0. The van der Waals surface area contributed by atoms with Gasteiger partial charge in [0.2, 0.25) is 12.6 Å². The number of benzene rings is 2. The van der Waals surface area contributed by atoms with Gasteiger partial charge in [-0.05, 0) is 47.5 Å². The molecule has 0 aliphatic carbocycles. The molecule has 8 N–H and O–H groups in total. The van der Waals surface area contributed by atoms with Crippen molar-refractivity contribution in [1.29, 1.82) is 0 Å². The standard InChI is InChI=1S/2C15H18O8.Ca/c2*16-7-10-12(19)13(20)14(21)15(23-10)22-9-4-1-8(2-5-9)3-6-11(17)18;/h2*1-6,10,12-16,19-21H,7H2,(H,17,18);/q;;+2/p-2/b2*6-3+;/t2*10-,12-,13+,14-,15-;/m11./s1. The smallest absolute Gasteiger partial charge is 0.545 e. The summed E-state index contributed by atoms with van der Waals surface area (Å²) in [6.07, 6.45) is -9.12. The van der Waals surface area contributed by atoms with Crippen LogP contribution in [-0.2, 0) is 19.1 Å². The van der Waals surface area contributed by atoms with Crippen LogP contribution in [0.2, 0.25) is 0 Å². The Morgan fingerprint density at radius 2 is 0.915 bits per heavy atom. The van der Waals surface area contributed by atoms with E-state index >= 15 is 0 Å². The number of hydrogen-bond donors (Lipinski definition) is 8. The quantitative estimate of drug-likeness (QED) is 0.0855. The molecular weight excluding hydrogens is 656 g/mol. The monoisotopic (exact) mass is 690 g/mol. The van der Waals surface area contributed by atoms with E-state index in [4.69, 9.17) is 29.2 Å². The van der Waals surface area contributed by atoms with Crippen molar-refractivity contribution in [3.63, 3.8) is 0 Å². The minimum Gasteiger partial charge on any atom is -0.545 e. The Morgan fingerprint density at radius 1 is 0.596 bits per heavy atom. The Kier molecular flexibility index (Phi) is 16.7. The number of aliphatic hydroxyl groups is 8. The summed E-state index contributed by atoms with van der Waals surface area (Å²) < 4.78 is 21.2. The number of aliphatic carboxylic acids is 2. The first-order valence-electron chi connectivity index (χ1n) is 13.8. The number of ether oxygens (including phenoxy) is 4. The molecule has 0 amide bonds. The van der Waals surface area contributed by atoms with E-state index in [0.29, 0.717) is 22.6 Å². The molecule has 4 rings (SSSR count). The summed E-state index contributed by atoms with van der Waals surface area (Å²) in [6, 6.07) is 12.3. The van der Waals surface area contributed by atoms with Gasteiger partial charge >= 0.3 is 37.7 Å². The van der Waals surface area contributed by atoms with Gasteiger partial charge in [0, 0.05) is 0 Å². The van der Waals surface area contributed by atoms with E-state index in [-0.39, 0.29) is 37.7 Å². The van der Waals surface area contributed by atoms with Crippen LogP contribution in [-0.4, -0.2) is 165 Å². The van der Waals surface area contributed by atoms with Gasteiger partial charge in [-0.3, -0.25) is 0 Å².